The highest BCUT2D eigenvalue weighted by Gasteiger charge is 2.10. The van der Waals surface area contributed by atoms with Crippen LogP contribution in [0.1, 0.15) is 24.1 Å². The minimum atomic E-state index is -0.335. The van der Waals surface area contributed by atoms with Crippen LogP contribution in [0.15, 0.2) is 48.5 Å². The molecule has 0 radical (unpaired) electrons. The zero-order valence-electron chi connectivity index (χ0n) is 11.1. The topological polar surface area (TPSA) is 29.1 Å². The van der Waals surface area contributed by atoms with E-state index < -0.39 is 0 Å². The van der Waals surface area contributed by atoms with Gasteiger partial charge in [0, 0.05) is 5.02 Å². The van der Waals surface area contributed by atoms with Gasteiger partial charge in [0.1, 0.15) is 5.82 Å². The first-order valence-corrected chi connectivity index (χ1v) is 6.71. The summed E-state index contributed by atoms with van der Waals surface area (Å²) < 4.78 is 13.0. The van der Waals surface area contributed by atoms with Crippen molar-refractivity contribution in [1.29, 1.82) is 0 Å². The minimum absolute atomic E-state index is 0.144. The molecule has 0 saturated heterocycles. The molecule has 0 bridgehead atoms. The van der Waals surface area contributed by atoms with E-state index in [1.165, 1.54) is 12.1 Å². The number of nitrogens with one attached hydrogen (secondary N) is 1. The summed E-state index contributed by atoms with van der Waals surface area (Å²) in [4.78, 5) is 11.9. The second-order valence-corrected chi connectivity index (χ2v) is 5.09. The maximum Gasteiger partial charge on any atom is 0.224 e. The number of benzene rings is 2. The average Bonchev–Trinajstić information content (AvgIpc) is 2.38. The molecule has 1 amide bonds. The Labute approximate surface area is 122 Å². The van der Waals surface area contributed by atoms with Crippen molar-refractivity contribution >= 4 is 17.5 Å². The largest absolute Gasteiger partial charge is 0.349 e. The molecule has 104 valence electrons. The Morgan fingerprint density at radius 2 is 2.00 bits per heavy atom. The lowest BCUT2D eigenvalue weighted by atomic mass is 10.1. The molecule has 2 nitrogen and oxygen atoms in total. The minimum Gasteiger partial charge on any atom is -0.349 e. The molecule has 2 aromatic rings. The number of carbonyl (C=O) groups is 1. The Morgan fingerprint density at radius 1 is 1.25 bits per heavy atom. The van der Waals surface area contributed by atoms with Crippen molar-refractivity contribution in [2.24, 2.45) is 0 Å². The lowest BCUT2D eigenvalue weighted by molar-refractivity contribution is -0.121. The van der Waals surface area contributed by atoms with Gasteiger partial charge in [-0.15, -0.1) is 0 Å². The van der Waals surface area contributed by atoms with Crippen LogP contribution >= 0.6 is 11.6 Å². The lowest BCUT2D eigenvalue weighted by Gasteiger charge is -2.14. The van der Waals surface area contributed by atoms with Crippen molar-refractivity contribution in [2.75, 3.05) is 0 Å². The van der Waals surface area contributed by atoms with Crippen LogP contribution < -0.4 is 5.32 Å². The quantitative estimate of drug-likeness (QED) is 0.909. The van der Waals surface area contributed by atoms with Crippen molar-refractivity contribution in [3.05, 3.63) is 70.5 Å². The summed E-state index contributed by atoms with van der Waals surface area (Å²) in [7, 11) is 0. The van der Waals surface area contributed by atoms with Gasteiger partial charge in [0.25, 0.3) is 0 Å². The first-order valence-electron chi connectivity index (χ1n) is 6.34. The summed E-state index contributed by atoms with van der Waals surface area (Å²) in [5, 5.41) is 3.50. The molecule has 2 aromatic carbocycles. The fourth-order valence-electron chi connectivity index (χ4n) is 1.98. The molecule has 2 rings (SSSR count). The summed E-state index contributed by atoms with van der Waals surface area (Å²) in [5.41, 5.74) is 1.59. The van der Waals surface area contributed by atoms with Crippen molar-refractivity contribution in [3.63, 3.8) is 0 Å². The highest BCUT2D eigenvalue weighted by molar-refractivity contribution is 6.30. The predicted octanol–water partition coefficient (Wildman–Crippen LogP) is 3.90. The van der Waals surface area contributed by atoms with E-state index in [9.17, 15) is 9.18 Å². The molecule has 0 aliphatic carbocycles. The third kappa shape index (κ3) is 4.07. The number of hydrogen-bond donors (Lipinski definition) is 1. The van der Waals surface area contributed by atoms with Gasteiger partial charge in [-0.3, -0.25) is 4.79 Å². The molecule has 1 unspecified atom stereocenters. The number of carbonyl (C=O) groups excluding carboxylic acids is 1. The van der Waals surface area contributed by atoms with Crippen molar-refractivity contribution in [3.8, 4) is 0 Å². The summed E-state index contributed by atoms with van der Waals surface area (Å²) in [6, 6.07) is 13.2. The van der Waals surface area contributed by atoms with Gasteiger partial charge in [0.2, 0.25) is 5.91 Å². The molecule has 0 fully saturated rings. The third-order valence-electron chi connectivity index (χ3n) is 2.98. The van der Waals surface area contributed by atoms with Gasteiger partial charge in [0.05, 0.1) is 12.5 Å². The third-order valence-corrected chi connectivity index (χ3v) is 3.21. The maximum atomic E-state index is 13.0. The molecule has 4 heteroatoms. The molecule has 20 heavy (non-hydrogen) atoms. The number of hydrogen-bond acceptors (Lipinski definition) is 1. The van der Waals surface area contributed by atoms with Gasteiger partial charge in [0.15, 0.2) is 0 Å². The molecule has 1 N–H and O–H groups in total. The van der Waals surface area contributed by atoms with Gasteiger partial charge in [-0.1, -0.05) is 35.9 Å². The Kier molecular flexibility index (Phi) is 4.74. The van der Waals surface area contributed by atoms with Gasteiger partial charge >= 0.3 is 0 Å². The van der Waals surface area contributed by atoms with Crippen LogP contribution in [0.25, 0.3) is 0 Å². The van der Waals surface area contributed by atoms with Crippen molar-refractivity contribution in [2.45, 2.75) is 19.4 Å². The molecule has 0 heterocycles. The Balaban J connectivity index is 1.97. The average molecular weight is 292 g/mol. The van der Waals surface area contributed by atoms with Gasteiger partial charge in [-0.05, 0) is 42.3 Å². The summed E-state index contributed by atoms with van der Waals surface area (Å²) in [6.07, 6.45) is 0.155. The highest BCUT2D eigenvalue weighted by atomic mass is 35.5. The van der Waals surface area contributed by atoms with E-state index in [4.69, 9.17) is 11.6 Å². The van der Waals surface area contributed by atoms with E-state index in [1.54, 1.807) is 18.2 Å². The molecule has 0 aromatic heterocycles. The van der Waals surface area contributed by atoms with E-state index in [2.05, 4.69) is 5.32 Å². The highest BCUT2D eigenvalue weighted by Crippen LogP contribution is 2.17. The van der Waals surface area contributed by atoms with E-state index >= 15 is 0 Å². The van der Waals surface area contributed by atoms with E-state index in [0.717, 1.165) is 5.56 Å². The predicted molar refractivity (Wildman–Crippen MR) is 78.1 cm³/mol. The number of amides is 1. The lowest BCUT2D eigenvalue weighted by Crippen LogP contribution is -2.28. The normalized spacial score (nSPS) is 11.9. The number of halogens is 2. The second kappa shape index (κ2) is 6.53. The van der Waals surface area contributed by atoms with Crippen LogP contribution in [0.4, 0.5) is 4.39 Å². The molecular formula is C16H15ClFNO. The molecule has 0 saturated carbocycles. The summed E-state index contributed by atoms with van der Waals surface area (Å²) in [6.45, 7) is 1.88. The molecule has 0 aliphatic heterocycles. The molecule has 0 spiro atoms. The maximum absolute atomic E-state index is 13.0. The van der Waals surface area contributed by atoms with Crippen LogP contribution in [0.5, 0.6) is 0 Å². The Morgan fingerprint density at radius 3 is 2.70 bits per heavy atom. The first-order chi connectivity index (χ1) is 9.54. The zero-order valence-corrected chi connectivity index (χ0v) is 11.8. The van der Waals surface area contributed by atoms with Crippen LogP contribution in [0.3, 0.4) is 0 Å². The standard InChI is InChI=1S/C16H15ClFNO/c1-11(13-5-3-6-14(17)10-13)19-16(20)9-12-4-2-7-15(18)8-12/h2-8,10-11H,9H2,1H3,(H,19,20). The van der Waals surface area contributed by atoms with Gasteiger partial charge < -0.3 is 5.32 Å². The fraction of sp³-hybridized carbons (Fsp3) is 0.188. The SMILES string of the molecule is CC(NC(=O)Cc1cccc(F)c1)c1cccc(Cl)c1. The van der Waals surface area contributed by atoms with E-state index in [1.807, 2.05) is 25.1 Å². The zero-order chi connectivity index (χ0) is 14.5. The smallest absolute Gasteiger partial charge is 0.224 e. The Bertz CT molecular complexity index is 615. The van der Waals surface area contributed by atoms with Crippen LogP contribution in [0.2, 0.25) is 5.02 Å². The Hall–Kier alpha value is -1.87. The molecule has 0 aliphatic rings. The first kappa shape index (κ1) is 14.5. The van der Waals surface area contributed by atoms with Crippen molar-refractivity contribution < 1.29 is 9.18 Å². The van der Waals surface area contributed by atoms with Crippen LogP contribution in [-0.4, -0.2) is 5.91 Å². The van der Waals surface area contributed by atoms with Crippen LogP contribution in [0, 0.1) is 5.82 Å². The van der Waals surface area contributed by atoms with Crippen LogP contribution in [-0.2, 0) is 11.2 Å². The molecule has 1 atom stereocenters. The number of rotatable bonds is 4. The van der Waals surface area contributed by atoms with E-state index in [0.29, 0.717) is 10.6 Å². The summed E-state index contributed by atoms with van der Waals surface area (Å²) in [5.74, 6) is -0.485. The molecular weight excluding hydrogens is 277 g/mol. The summed E-state index contributed by atoms with van der Waals surface area (Å²) >= 11 is 5.92. The van der Waals surface area contributed by atoms with E-state index in [-0.39, 0.29) is 24.2 Å². The van der Waals surface area contributed by atoms with Crippen molar-refractivity contribution in [1.82, 2.24) is 5.32 Å². The second-order valence-electron chi connectivity index (χ2n) is 4.65. The fourth-order valence-corrected chi connectivity index (χ4v) is 2.18. The monoisotopic (exact) mass is 291 g/mol. The van der Waals surface area contributed by atoms with Gasteiger partial charge in [-0.25, -0.2) is 4.39 Å². The van der Waals surface area contributed by atoms with Gasteiger partial charge in [-0.2, -0.15) is 0 Å².